The Morgan fingerprint density at radius 1 is 1.19 bits per heavy atom. The van der Waals surface area contributed by atoms with Gasteiger partial charge in [0.2, 0.25) is 5.91 Å². The normalized spacial score (nSPS) is 22.5. The highest BCUT2D eigenvalue weighted by atomic mass is 19.3. The molecule has 1 amide bonds. The molecule has 2 fully saturated rings. The summed E-state index contributed by atoms with van der Waals surface area (Å²) in [6.07, 6.45) is 0.152. The summed E-state index contributed by atoms with van der Waals surface area (Å²) >= 11 is 0. The number of aromatic nitrogens is 2. The number of carbonyl (C=O) groups is 1. The molecule has 168 valence electrons. The zero-order valence-electron chi connectivity index (χ0n) is 16.6. The molecule has 0 bridgehead atoms. The van der Waals surface area contributed by atoms with Gasteiger partial charge in [0, 0.05) is 36.9 Å². The average Bonchev–Trinajstić information content (AvgIpc) is 2.97. The maximum absolute atomic E-state index is 15.3. The van der Waals surface area contributed by atoms with Gasteiger partial charge in [-0.15, -0.1) is 0 Å². The summed E-state index contributed by atoms with van der Waals surface area (Å²) in [5, 5.41) is 6.35. The molecule has 1 atom stereocenters. The number of hydrogen-bond donors (Lipinski definition) is 1. The fraction of sp³-hybridized carbons (Fsp3) is 0.524. The molecule has 1 N–H and O–H groups in total. The molecule has 0 unspecified atom stereocenters. The number of anilines is 1. The number of nitrogens with zero attached hydrogens (tertiary/aromatic N) is 2. The number of carbonyl (C=O) groups excluding carboxylic acids is 1. The van der Waals surface area contributed by atoms with Crippen molar-refractivity contribution in [3.8, 4) is 0 Å². The molecule has 2 aromatic rings. The number of aryl methyl sites for hydroxylation is 1. The van der Waals surface area contributed by atoms with Crippen molar-refractivity contribution in [1.29, 1.82) is 0 Å². The number of rotatable bonds is 6. The number of hydrogen-bond acceptors (Lipinski definition) is 2. The zero-order valence-corrected chi connectivity index (χ0v) is 16.6. The molecule has 1 aromatic carbocycles. The van der Waals surface area contributed by atoms with Gasteiger partial charge in [0.25, 0.3) is 0 Å². The highest BCUT2D eigenvalue weighted by Crippen LogP contribution is 2.56. The molecule has 2 saturated carbocycles. The Hall–Kier alpha value is -2.52. The first kappa shape index (κ1) is 21.7. The maximum Gasteiger partial charge on any atom is 0.317 e. The molecule has 0 aliphatic heterocycles. The van der Waals surface area contributed by atoms with Crippen molar-refractivity contribution in [3.63, 3.8) is 0 Å². The molecule has 4 nitrogen and oxygen atoms in total. The quantitative estimate of drug-likeness (QED) is 0.602. The highest BCUT2D eigenvalue weighted by Gasteiger charge is 2.71. The Kier molecular flexibility index (Phi) is 5.09. The van der Waals surface area contributed by atoms with Crippen LogP contribution in [0.3, 0.4) is 0 Å². The Morgan fingerprint density at radius 2 is 1.84 bits per heavy atom. The van der Waals surface area contributed by atoms with E-state index in [4.69, 9.17) is 0 Å². The Morgan fingerprint density at radius 3 is 2.35 bits per heavy atom. The molecule has 2 aliphatic carbocycles. The SMILES string of the molecule is Cn1nc(C(F)(F)c2ccccc2)c(C2CCC2)c1NC(=O)C[C@H]1CC(F)(F)C1(F)F. The average molecular weight is 445 g/mol. The number of alkyl halides is 6. The first-order valence-corrected chi connectivity index (χ1v) is 10.0. The number of benzene rings is 1. The minimum Gasteiger partial charge on any atom is -0.311 e. The lowest BCUT2D eigenvalue weighted by Gasteiger charge is -2.43. The van der Waals surface area contributed by atoms with E-state index in [-0.39, 0.29) is 22.9 Å². The lowest BCUT2D eigenvalue weighted by molar-refractivity contribution is -0.313. The fourth-order valence-corrected chi connectivity index (χ4v) is 4.14. The zero-order chi connectivity index (χ0) is 22.6. The molecule has 2 aliphatic rings. The van der Waals surface area contributed by atoms with E-state index in [0.717, 1.165) is 11.1 Å². The van der Waals surface area contributed by atoms with E-state index in [0.29, 0.717) is 12.8 Å². The van der Waals surface area contributed by atoms with E-state index >= 15 is 8.78 Å². The first-order chi connectivity index (χ1) is 14.4. The van der Waals surface area contributed by atoms with Gasteiger partial charge in [-0.3, -0.25) is 9.48 Å². The summed E-state index contributed by atoms with van der Waals surface area (Å²) in [6, 6.07) is 7.11. The van der Waals surface area contributed by atoms with E-state index in [1.807, 2.05) is 0 Å². The van der Waals surface area contributed by atoms with Gasteiger partial charge in [-0.25, -0.2) is 0 Å². The van der Waals surface area contributed by atoms with Crippen LogP contribution in [0.1, 0.15) is 54.8 Å². The lowest BCUT2D eigenvalue weighted by Crippen LogP contribution is -2.59. The number of nitrogens with one attached hydrogen (secondary N) is 1. The van der Waals surface area contributed by atoms with Crippen LogP contribution in [0.25, 0.3) is 0 Å². The van der Waals surface area contributed by atoms with E-state index in [9.17, 15) is 22.4 Å². The van der Waals surface area contributed by atoms with Crippen molar-refractivity contribution < 1.29 is 31.1 Å². The summed E-state index contributed by atoms with van der Waals surface area (Å²) < 4.78 is 84.8. The molecule has 10 heteroatoms. The van der Waals surface area contributed by atoms with Gasteiger partial charge in [-0.05, 0) is 18.8 Å². The fourth-order valence-electron chi connectivity index (χ4n) is 4.14. The largest absolute Gasteiger partial charge is 0.317 e. The molecule has 0 spiro atoms. The topological polar surface area (TPSA) is 46.9 Å². The van der Waals surface area contributed by atoms with Crippen molar-refractivity contribution in [2.45, 2.75) is 55.8 Å². The van der Waals surface area contributed by atoms with Crippen LogP contribution in [0.5, 0.6) is 0 Å². The second-order valence-electron chi connectivity index (χ2n) is 8.28. The molecular formula is C21H21F6N3O. The van der Waals surface area contributed by atoms with Crippen LogP contribution < -0.4 is 5.32 Å². The molecule has 4 rings (SSSR count). The van der Waals surface area contributed by atoms with Gasteiger partial charge >= 0.3 is 17.8 Å². The van der Waals surface area contributed by atoms with Crippen LogP contribution >= 0.6 is 0 Å². The summed E-state index contributed by atoms with van der Waals surface area (Å²) in [6.45, 7) is 0. The molecule has 0 saturated heterocycles. The maximum atomic E-state index is 15.3. The van der Waals surface area contributed by atoms with E-state index in [2.05, 4.69) is 10.4 Å². The smallest absolute Gasteiger partial charge is 0.311 e. The third-order valence-corrected chi connectivity index (χ3v) is 6.22. The Balaban J connectivity index is 1.62. The summed E-state index contributed by atoms with van der Waals surface area (Å²) in [5.74, 6) is -14.8. The van der Waals surface area contributed by atoms with E-state index in [1.165, 1.54) is 31.3 Å². The minimum atomic E-state index is -4.26. The van der Waals surface area contributed by atoms with Crippen LogP contribution in [0, 0.1) is 5.92 Å². The molecule has 31 heavy (non-hydrogen) atoms. The van der Waals surface area contributed by atoms with Crippen molar-refractivity contribution >= 4 is 11.7 Å². The second kappa shape index (κ2) is 7.27. The number of halogens is 6. The van der Waals surface area contributed by atoms with Crippen LogP contribution in [0.2, 0.25) is 0 Å². The summed E-state index contributed by atoms with van der Waals surface area (Å²) in [5.41, 5.74) is -0.591. The van der Waals surface area contributed by atoms with E-state index in [1.54, 1.807) is 6.07 Å². The van der Waals surface area contributed by atoms with Gasteiger partial charge in [0.1, 0.15) is 11.5 Å². The van der Waals surface area contributed by atoms with Gasteiger partial charge in [0.15, 0.2) is 0 Å². The van der Waals surface area contributed by atoms with Crippen LogP contribution in [-0.4, -0.2) is 27.5 Å². The van der Waals surface area contributed by atoms with Crippen LogP contribution in [-0.2, 0) is 17.8 Å². The standard InChI is InChI=1S/C21H21F6N3O/c1-30-18(28-15(31)10-14-11-19(22,23)21(14,26)27)16(12-6-5-7-12)17(29-30)20(24,25)13-8-3-2-4-9-13/h2-4,8-9,12,14H,5-7,10-11H2,1H3,(H,28,31)/t14-/m0/s1. The molecule has 1 heterocycles. The minimum absolute atomic E-state index is 0.00490. The lowest BCUT2D eigenvalue weighted by atomic mass is 9.74. The van der Waals surface area contributed by atoms with Crippen molar-refractivity contribution in [3.05, 3.63) is 47.2 Å². The third kappa shape index (κ3) is 3.49. The van der Waals surface area contributed by atoms with Gasteiger partial charge in [0.05, 0.1) is 0 Å². The second-order valence-corrected chi connectivity index (χ2v) is 8.28. The first-order valence-electron chi connectivity index (χ1n) is 10.0. The Bertz CT molecular complexity index is 985. The van der Waals surface area contributed by atoms with Crippen LogP contribution in [0.4, 0.5) is 32.2 Å². The van der Waals surface area contributed by atoms with Gasteiger partial charge < -0.3 is 5.32 Å². The predicted molar refractivity (Wildman–Crippen MR) is 100 cm³/mol. The predicted octanol–water partition coefficient (Wildman–Crippen LogP) is 5.45. The van der Waals surface area contributed by atoms with E-state index < -0.39 is 48.1 Å². The van der Waals surface area contributed by atoms with Gasteiger partial charge in [-0.2, -0.15) is 31.4 Å². The number of amides is 1. The highest BCUT2D eigenvalue weighted by molar-refractivity contribution is 5.91. The van der Waals surface area contributed by atoms with Crippen molar-refractivity contribution in [2.24, 2.45) is 13.0 Å². The summed E-state index contributed by atoms with van der Waals surface area (Å²) in [7, 11) is 1.37. The summed E-state index contributed by atoms with van der Waals surface area (Å²) in [4.78, 5) is 12.4. The van der Waals surface area contributed by atoms with Crippen molar-refractivity contribution in [2.75, 3.05) is 5.32 Å². The Labute approximate surface area is 174 Å². The van der Waals surface area contributed by atoms with Gasteiger partial charge in [-0.1, -0.05) is 36.8 Å². The molecule has 1 aromatic heterocycles. The molecule has 0 radical (unpaired) electrons. The molecular weight excluding hydrogens is 424 g/mol. The third-order valence-electron chi connectivity index (χ3n) is 6.22. The van der Waals surface area contributed by atoms with Crippen molar-refractivity contribution in [1.82, 2.24) is 9.78 Å². The monoisotopic (exact) mass is 445 g/mol. The van der Waals surface area contributed by atoms with Crippen LogP contribution in [0.15, 0.2) is 30.3 Å².